The number of amides is 1. The zero-order valence-corrected chi connectivity index (χ0v) is 15.4. The number of nitrogens with zero attached hydrogens (tertiary/aromatic N) is 1. The molecule has 0 atom stereocenters. The molecule has 134 valence electrons. The molecule has 1 heterocycles. The van der Waals surface area contributed by atoms with Crippen molar-refractivity contribution in [2.75, 3.05) is 7.11 Å². The number of rotatable bonds is 4. The van der Waals surface area contributed by atoms with Crippen molar-refractivity contribution < 1.29 is 9.53 Å². The molecule has 0 saturated heterocycles. The average Bonchev–Trinajstić information content (AvgIpc) is 3.13. The average molecular weight is 340 g/mol. The number of nitrogens with one attached hydrogen (secondary N) is 1. The fourth-order valence-electron chi connectivity index (χ4n) is 4.14. The van der Waals surface area contributed by atoms with Gasteiger partial charge in [0.2, 0.25) is 0 Å². The van der Waals surface area contributed by atoms with Crippen LogP contribution in [0.25, 0.3) is 0 Å². The second kappa shape index (κ2) is 8.24. The second-order valence-corrected chi connectivity index (χ2v) is 7.68. The Hall–Kier alpha value is -1.52. The Kier molecular flexibility index (Phi) is 6.03. The molecule has 5 heteroatoms. The fraction of sp³-hybridized carbons (Fsp3) is 0.700. The van der Waals surface area contributed by atoms with Gasteiger partial charge in [0.05, 0.1) is 7.11 Å². The van der Waals surface area contributed by atoms with E-state index in [-0.39, 0.29) is 5.91 Å². The van der Waals surface area contributed by atoms with E-state index in [1.54, 1.807) is 13.2 Å². The van der Waals surface area contributed by atoms with Gasteiger partial charge in [-0.1, -0.05) is 44.9 Å². The third-order valence-electron chi connectivity index (χ3n) is 5.67. The lowest BCUT2D eigenvalue weighted by atomic mass is 9.69. The van der Waals surface area contributed by atoms with Crippen molar-refractivity contribution in [3.8, 4) is 5.75 Å². The fourth-order valence-corrected chi connectivity index (χ4v) is 4.14. The van der Waals surface area contributed by atoms with Gasteiger partial charge in [0.25, 0.3) is 5.91 Å². The van der Waals surface area contributed by atoms with E-state index in [9.17, 15) is 4.79 Å². The minimum Gasteiger partial charge on any atom is -0.497 e. The van der Waals surface area contributed by atoms with Crippen molar-refractivity contribution in [3.63, 3.8) is 0 Å². The Balaban J connectivity index is 1.77. The molecule has 1 N–H and O–H groups in total. The van der Waals surface area contributed by atoms with E-state index in [4.69, 9.17) is 12.6 Å². The molecule has 2 saturated carbocycles. The highest BCUT2D eigenvalue weighted by atomic mass is 16.5. The van der Waals surface area contributed by atoms with E-state index in [1.807, 2.05) is 6.07 Å². The van der Waals surface area contributed by atoms with E-state index in [0.717, 1.165) is 44.2 Å². The summed E-state index contributed by atoms with van der Waals surface area (Å²) in [5, 5.41) is 3.07. The lowest BCUT2D eigenvalue weighted by Gasteiger charge is -2.33. The van der Waals surface area contributed by atoms with Crippen molar-refractivity contribution in [1.82, 2.24) is 10.3 Å². The molecule has 0 aromatic carbocycles. The minimum atomic E-state index is -0.615. The molecule has 2 fully saturated rings. The highest BCUT2D eigenvalue weighted by Crippen LogP contribution is 2.34. The van der Waals surface area contributed by atoms with Crippen LogP contribution in [0.5, 0.6) is 5.75 Å². The molecule has 0 spiro atoms. The number of ether oxygens (including phenoxy) is 1. The van der Waals surface area contributed by atoms with Gasteiger partial charge < -0.3 is 10.1 Å². The number of pyridine rings is 1. The van der Waals surface area contributed by atoms with Crippen molar-refractivity contribution in [1.29, 1.82) is 0 Å². The summed E-state index contributed by atoms with van der Waals surface area (Å²) >= 11 is 0. The summed E-state index contributed by atoms with van der Waals surface area (Å²) in [6.45, 7) is 0. The summed E-state index contributed by atoms with van der Waals surface area (Å²) in [5.74, 6) is 0.960. The number of aromatic nitrogens is 1. The molecular weight excluding hydrogens is 311 g/mol. The molecule has 25 heavy (non-hydrogen) atoms. The van der Waals surface area contributed by atoms with E-state index in [2.05, 4.69) is 10.3 Å². The van der Waals surface area contributed by atoms with Crippen LogP contribution in [-0.4, -0.2) is 31.3 Å². The first-order valence-corrected chi connectivity index (χ1v) is 9.77. The van der Waals surface area contributed by atoms with Crippen molar-refractivity contribution in [2.24, 2.45) is 0 Å². The van der Waals surface area contributed by atoms with Gasteiger partial charge in [-0.2, -0.15) is 0 Å². The Morgan fingerprint density at radius 3 is 2.40 bits per heavy atom. The Labute approximate surface area is 152 Å². The van der Waals surface area contributed by atoms with Crippen LogP contribution in [0.3, 0.4) is 0 Å². The molecule has 1 aromatic rings. The maximum absolute atomic E-state index is 12.8. The Morgan fingerprint density at radius 2 is 1.76 bits per heavy atom. The minimum absolute atomic E-state index is 0.179. The molecule has 1 amide bonds. The van der Waals surface area contributed by atoms with Crippen molar-refractivity contribution in [3.05, 3.63) is 23.5 Å². The Bertz CT molecular complexity index is 591. The summed E-state index contributed by atoms with van der Waals surface area (Å²) in [7, 11) is 8.14. The first-order chi connectivity index (χ1) is 12.1. The van der Waals surface area contributed by atoms with Crippen LogP contribution in [0.2, 0.25) is 0 Å². The maximum atomic E-state index is 12.8. The quantitative estimate of drug-likeness (QED) is 0.840. The number of methoxy groups -OCH3 is 1. The summed E-state index contributed by atoms with van der Waals surface area (Å²) in [4.78, 5) is 17.5. The lowest BCUT2D eigenvalue weighted by molar-refractivity contribution is 0.0912. The molecule has 2 radical (unpaired) electrons. The van der Waals surface area contributed by atoms with Crippen LogP contribution >= 0.6 is 0 Å². The summed E-state index contributed by atoms with van der Waals surface area (Å²) in [5.41, 5.74) is 0.786. The number of hydrogen-bond donors (Lipinski definition) is 1. The molecule has 2 aliphatic rings. The second-order valence-electron chi connectivity index (χ2n) is 7.68. The van der Waals surface area contributed by atoms with Gasteiger partial charge in [-0.3, -0.25) is 4.79 Å². The molecular formula is C20H29BN2O2. The molecule has 1 aromatic heterocycles. The largest absolute Gasteiger partial charge is 0.497 e. The van der Waals surface area contributed by atoms with Gasteiger partial charge >= 0.3 is 0 Å². The van der Waals surface area contributed by atoms with Gasteiger partial charge in [0.1, 0.15) is 19.3 Å². The van der Waals surface area contributed by atoms with Crippen LogP contribution in [0.15, 0.2) is 12.1 Å². The first-order valence-electron chi connectivity index (χ1n) is 9.77. The van der Waals surface area contributed by atoms with Crippen LogP contribution in [0.1, 0.15) is 92.7 Å². The van der Waals surface area contributed by atoms with Crippen LogP contribution < -0.4 is 10.1 Å². The normalized spacial score (nSPS) is 21.3. The van der Waals surface area contributed by atoms with Crippen LogP contribution in [0.4, 0.5) is 0 Å². The number of carbonyl (C=O) groups excluding carboxylic acids is 1. The van der Waals surface area contributed by atoms with Gasteiger partial charge in [-0.25, -0.2) is 4.98 Å². The van der Waals surface area contributed by atoms with E-state index < -0.39 is 5.44 Å². The van der Waals surface area contributed by atoms with Crippen LogP contribution in [-0.2, 0) is 0 Å². The maximum Gasteiger partial charge on any atom is 0.269 e. The van der Waals surface area contributed by atoms with Crippen LogP contribution in [0, 0.1) is 0 Å². The van der Waals surface area contributed by atoms with E-state index >= 15 is 0 Å². The van der Waals surface area contributed by atoms with Crippen molar-refractivity contribution >= 4 is 13.8 Å². The molecule has 0 unspecified atom stereocenters. The number of carbonyl (C=O) groups is 1. The zero-order chi connectivity index (χ0) is 17.7. The highest BCUT2D eigenvalue weighted by Gasteiger charge is 2.28. The van der Waals surface area contributed by atoms with E-state index in [1.165, 1.54) is 32.1 Å². The number of hydrogen-bond acceptors (Lipinski definition) is 3. The monoisotopic (exact) mass is 340 g/mol. The predicted octanol–water partition coefficient (Wildman–Crippen LogP) is 4.09. The third kappa shape index (κ3) is 4.77. The standard InChI is InChI=1S/C20H29BN2O2/c1-25-16-13-17(15-9-5-6-10-15)22-18(14-16)19(24)23-20(21)11-7-3-2-4-8-12-20/h13-15H,2-12H2,1H3,(H,23,24). The van der Waals surface area contributed by atoms with Gasteiger partial charge in [0.15, 0.2) is 0 Å². The highest BCUT2D eigenvalue weighted by molar-refractivity contribution is 6.17. The SMILES string of the molecule is [B]C1(NC(=O)c2cc(OC)cc(C3CCCC3)n2)CCCCCCC1. The van der Waals surface area contributed by atoms with Crippen molar-refractivity contribution in [2.45, 2.75) is 82.0 Å². The summed E-state index contributed by atoms with van der Waals surface area (Å²) < 4.78 is 5.41. The molecule has 0 aliphatic heterocycles. The lowest BCUT2D eigenvalue weighted by Crippen LogP contribution is -2.49. The summed E-state index contributed by atoms with van der Waals surface area (Å²) in [6.07, 6.45) is 12.2. The van der Waals surface area contributed by atoms with E-state index in [0.29, 0.717) is 17.4 Å². The van der Waals surface area contributed by atoms with Gasteiger partial charge in [-0.15, -0.1) is 0 Å². The molecule has 4 nitrogen and oxygen atoms in total. The molecule has 3 rings (SSSR count). The molecule has 2 aliphatic carbocycles. The zero-order valence-electron chi connectivity index (χ0n) is 15.4. The first kappa shape index (κ1) is 18.3. The molecule has 0 bridgehead atoms. The third-order valence-corrected chi connectivity index (χ3v) is 5.67. The topological polar surface area (TPSA) is 51.2 Å². The predicted molar refractivity (Wildman–Crippen MR) is 100 cm³/mol. The summed E-state index contributed by atoms with van der Waals surface area (Å²) in [6, 6.07) is 3.70. The Morgan fingerprint density at radius 1 is 1.12 bits per heavy atom. The smallest absolute Gasteiger partial charge is 0.269 e. The van der Waals surface area contributed by atoms with Gasteiger partial charge in [0, 0.05) is 29.2 Å². The van der Waals surface area contributed by atoms with Gasteiger partial charge in [-0.05, 0) is 25.7 Å².